The van der Waals surface area contributed by atoms with Gasteiger partial charge in [0.2, 0.25) is 0 Å². The van der Waals surface area contributed by atoms with Crippen molar-refractivity contribution in [3.8, 4) is 5.75 Å². The van der Waals surface area contributed by atoms with Crippen LogP contribution in [0.4, 0.5) is 0 Å². The van der Waals surface area contributed by atoms with E-state index in [1.165, 1.54) is 5.56 Å². The number of allylic oxidation sites excluding steroid dienone is 4. The molecule has 2 atom stereocenters. The van der Waals surface area contributed by atoms with Crippen LogP contribution in [0.2, 0.25) is 0 Å². The van der Waals surface area contributed by atoms with E-state index in [9.17, 15) is 0 Å². The second-order valence-electron chi connectivity index (χ2n) is 4.14. The van der Waals surface area contributed by atoms with Gasteiger partial charge in [0.15, 0.2) is 0 Å². The number of halogens is 1. The van der Waals surface area contributed by atoms with Gasteiger partial charge in [-0.1, -0.05) is 41.6 Å². The first-order valence-electron chi connectivity index (χ1n) is 5.70. The lowest BCUT2D eigenvalue weighted by Crippen LogP contribution is -2.06. The van der Waals surface area contributed by atoms with Gasteiger partial charge in [-0.15, -0.1) is 0 Å². The lowest BCUT2D eigenvalue weighted by Gasteiger charge is -2.14. The Kier molecular flexibility index (Phi) is 4.65. The molecule has 1 aromatic rings. The van der Waals surface area contributed by atoms with Crippen LogP contribution in [0.15, 0.2) is 42.5 Å². The van der Waals surface area contributed by atoms with E-state index in [-0.39, 0.29) is 7.93 Å². The molecule has 2 rings (SSSR count). The molecule has 0 aliphatic heterocycles. The van der Waals surface area contributed by atoms with E-state index in [0.29, 0.717) is 5.92 Å². The first-order valence-corrected chi connectivity index (χ1v) is 7.71. The fraction of sp³-hybridized carbons (Fsp3) is 0.286. The largest absolute Gasteiger partial charge is 0.496 e. The minimum atomic E-state index is 0.259. The minimum Gasteiger partial charge on any atom is -0.496 e. The second-order valence-corrected chi connectivity index (χ2v) is 5.44. The van der Waals surface area contributed by atoms with Crippen LogP contribution in [0.5, 0.6) is 5.75 Å². The lowest BCUT2D eigenvalue weighted by atomic mass is 9.93. The molecule has 0 fully saturated rings. The molecule has 0 saturated carbocycles. The minimum absolute atomic E-state index is 0.259. The van der Waals surface area contributed by atoms with Gasteiger partial charge in [0.25, 0.3) is 0 Å². The third-order valence-corrected chi connectivity index (χ3v) is 4.14. The maximum atomic E-state index is 5.95. The van der Waals surface area contributed by atoms with Gasteiger partial charge in [-0.05, 0) is 36.5 Å². The van der Waals surface area contributed by atoms with E-state index in [1.54, 1.807) is 7.11 Å². The molecule has 0 spiro atoms. The van der Waals surface area contributed by atoms with Gasteiger partial charge >= 0.3 is 0 Å². The molecule has 0 aromatic heterocycles. The van der Waals surface area contributed by atoms with Gasteiger partial charge in [0.05, 0.1) is 7.11 Å². The van der Waals surface area contributed by atoms with Crippen molar-refractivity contribution in [2.75, 3.05) is 7.11 Å². The molecule has 0 bridgehead atoms. The van der Waals surface area contributed by atoms with E-state index in [4.69, 9.17) is 16.0 Å². The zero-order valence-corrected chi connectivity index (χ0v) is 11.6. The molecule has 90 valence electrons. The van der Waals surface area contributed by atoms with Crippen molar-refractivity contribution in [2.45, 2.75) is 12.8 Å². The van der Waals surface area contributed by atoms with Crippen molar-refractivity contribution in [2.24, 2.45) is 5.92 Å². The number of benzene rings is 1. The predicted molar refractivity (Wildman–Crippen MR) is 76.9 cm³/mol. The highest BCUT2D eigenvalue weighted by molar-refractivity contribution is 7.75. The summed E-state index contributed by atoms with van der Waals surface area (Å²) in [7, 11) is 1.94. The maximum Gasteiger partial charge on any atom is 0.127 e. The number of ether oxygens (including phenoxy) is 1. The smallest absolute Gasteiger partial charge is 0.127 e. The van der Waals surface area contributed by atoms with Gasteiger partial charge in [0.1, 0.15) is 5.75 Å². The number of methoxy groups -OCH3 is 1. The Morgan fingerprint density at radius 2 is 2.29 bits per heavy atom. The highest BCUT2D eigenvalue weighted by atomic mass is 35.7. The van der Waals surface area contributed by atoms with Crippen molar-refractivity contribution in [1.82, 2.24) is 0 Å². The normalized spacial score (nSPS) is 19.1. The Bertz CT molecular complexity index is 440. The summed E-state index contributed by atoms with van der Waals surface area (Å²) in [6.07, 6.45) is 10.9. The van der Waals surface area contributed by atoms with Crippen molar-refractivity contribution in [3.63, 3.8) is 0 Å². The van der Waals surface area contributed by atoms with Crippen molar-refractivity contribution >= 4 is 24.5 Å². The summed E-state index contributed by atoms with van der Waals surface area (Å²) in [5, 5.41) is 1.10. The molecule has 1 aliphatic rings. The summed E-state index contributed by atoms with van der Waals surface area (Å²) in [4.78, 5) is 0. The average molecular weight is 267 g/mol. The van der Waals surface area contributed by atoms with Gasteiger partial charge in [0, 0.05) is 13.2 Å². The van der Waals surface area contributed by atoms with Crippen molar-refractivity contribution in [3.05, 3.63) is 48.1 Å². The van der Waals surface area contributed by atoms with Crippen LogP contribution in [0.25, 0.3) is 0 Å². The van der Waals surface area contributed by atoms with E-state index in [1.807, 2.05) is 6.07 Å². The average Bonchev–Trinajstić information content (AvgIpc) is 2.40. The molecule has 1 nitrogen and oxygen atoms in total. The van der Waals surface area contributed by atoms with Crippen LogP contribution in [-0.4, -0.2) is 7.11 Å². The van der Waals surface area contributed by atoms with Crippen molar-refractivity contribution in [1.29, 1.82) is 0 Å². The summed E-state index contributed by atoms with van der Waals surface area (Å²) in [6.45, 7) is 0. The molecule has 0 saturated heterocycles. The first-order chi connectivity index (χ1) is 8.33. The number of rotatable bonds is 4. The summed E-state index contributed by atoms with van der Waals surface area (Å²) < 4.78 is 5.28. The Balaban J connectivity index is 2.11. The van der Waals surface area contributed by atoms with Crippen LogP contribution in [0.1, 0.15) is 12.0 Å². The van der Waals surface area contributed by atoms with Crippen LogP contribution in [-0.2, 0) is 6.42 Å². The fourth-order valence-corrected chi connectivity index (χ4v) is 3.00. The Hall–Kier alpha value is -0.780. The van der Waals surface area contributed by atoms with Gasteiger partial charge in [-0.25, -0.2) is 0 Å². The molecular formula is C14H16ClOP. The standard InChI is InChI=1S/C14H16ClOP/c1-16-13-8-7-12(10-14(13)17-15)9-11-5-3-2-4-6-11/h2-5,7-8,10-11,17H,6,9H2,1H3. The lowest BCUT2D eigenvalue weighted by molar-refractivity contribution is 0.418. The quantitative estimate of drug-likeness (QED) is 0.753. The van der Waals surface area contributed by atoms with Crippen LogP contribution >= 0.6 is 19.2 Å². The molecular weight excluding hydrogens is 251 g/mol. The monoisotopic (exact) mass is 266 g/mol. The predicted octanol–water partition coefficient (Wildman–Crippen LogP) is 3.83. The molecule has 0 amide bonds. The zero-order valence-electron chi connectivity index (χ0n) is 9.82. The van der Waals surface area contributed by atoms with Crippen molar-refractivity contribution < 1.29 is 4.74 Å². The highest BCUT2D eigenvalue weighted by Gasteiger charge is 2.09. The van der Waals surface area contributed by atoms with Gasteiger partial charge < -0.3 is 4.74 Å². The van der Waals surface area contributed by atoms with Crippen LogP contribution in [0.3, 0.4) is 0 Å². The van der Waals surface area contributed by atoms with Gasteiger partial charge in [-0.3, -0.25) is 0 Å². The summed E-state index contributed by atoms with van der Waals surface area (Å²) >= 11 is 5.95. The molecule has 0 radical (unpaired) electrons. The topological polar surface area (TPSA) is 9.23 Å². The SMILES string of the molecule is COc1ccc(CC2C=CC=CC2)cc1PCl. The van der Waals surface area contributed by atoms with E-state index in [0.717, 1.165) is 23.9 Å². The van der Waals surface area contributed by atoms with Crippen LogP contribution in [0, 0.1) is 5.92 Å². The molecule has 0 heterocycles. The first kappa shape index (κ1) is 12.7. The molecule has 3 heteroatoms. The second kappa shape index (κ2) is 6.23. The van der Waals surface area contributed by atoms with Gasteiger partial charge in [-0.2, -0.15) is 0 Å². The summed E-state index contributed by atoms with van der Waals surface area (Å²) in [6, 6.07) is 6.31. The van der Waals surface area contributed by atoms with E-state index in [2.05, 4.69) is 36.4 Å². The van der Waals surface area contributed by atoms with E-state index >= 15 is 0 Å². The third-order valence-electron chi connectivity index (χ3n) is 2.93. The molecule has 2 unspecified atom stereocenters. The van der Waals surface area contributed by atoms with Crippen LogP contribution < -0.4 is 10.0 Å². The summed E-state index contributed by atoms with van der Waals surface area (Å²) in [5.74, 6) is 1.50. The Morgan fingerprint density at radius 1 is 1.41 bits per heavy atom. The zero-order chi connectivity index (χ0) is 12.1. The number of hydrogen-bond donors (Lipinski definition) is 0. The maximum absolute atomic E-state index is 5.95. The highest BCUT2D eigenvalue weighted by Crippen LogP contribution is 2.25. The Labute approximate surface area is 109 Å². The molecule has 1 aromatic carbocycles. The summed E-state index contributed by atoms with van der Waals surface area (Å²) in [5.41, 5.74) is 1.33. The van der Waals surface area contributed by atoms with E-state index < -0.39 is 0 Å². The molecule has 0 N–H and O–H groups in total. The molecule has 17 heavy (non-hydrogen) atoms. The fourth-order valence-electron chi connectivity index (χ4n) is 2.04. The molecule has 1 aliphatic carbocycles. The Morgan fingerprint density at radius 3 is 2.94 bits per heavy atom. The number of hydrogen-bond acceptors (Lipinski definition) is 1. The third kappa shape index (κ3) is 3.34.